The molecule has 21 atom stereocenters. The van der Waals surface area contributed by atoms with Crippen molar-refractivity contribution in [1.82, 2.24) is 0 Å². The van der Waals surface area contributed by atoms with Gasteiger partial charge in [-0.15, -0.1) is 0 Å². The van der Waals surface area contributed by atoms with Gasteiger partial charge in [-0.3, -0.25) is 24.0 Å². The number of hydrogen-bond acceptors (Lipinski definition) is 19. The average molecular weight is 991 g/mol. The van der Waals surface area contributed by atoms with Gasteiger partial charge in [0.05, 0.1) is 30.0 Å². The number of esters is 6. The Morgan fingerprint density at radius 2 is 1.09 bits per heavy atom. The van der Waals surface area contributed by atoms with Gasteiger partial charge in [0.25, 0.3) is 0 Å². The molecule has 0 unspecified atom stereocenters. The number of aliphatic hydroxyl groups is 1. The van der Waals surface area contributed by atoms with Crippen molar-refractivity contribution in [1.29, 1.82) is 0 Å². The summed E-state index contributed by atoms with van der Waals surface area (Å²) in [6.07, 6.45) is -2.52. The van der Waals surface area contributed by atoms with Crippen molar-refractivity contribution in [3.05, 3.63) is 11.6 Å². The van der Waals surface area contributed by atoms with Crippen LogP contribution in [0.4, 0.5) is 0 Å². The van der Waals surface area contributed by atoms with Crippen molar-refractivity contribution >= 4 is 35.8 Å². The van der Waals surface area contributed by atoms with Crippen LogP contribution in [-0.4, -0.2) is 139 Å². The molecule has 0 bridgehead atoms. The van der Waals surface area contributed by atoms with E-state index >= 15 is 0 Å². The van der Waals surface area contributed by atoms with Gasteiger partial charge >= 0.3 is 35.8 Å². The second-order valence-corrected chi connectivity index (χ2v) is 21.7. The standard InChI is InChI=1S/C51H74O19/c1-24-46(67-31(8)56)38(63-27(4)52)21-44(61-24)69-48-26(3)62-45(22-40(48)65-29(6)54)70-47-25(2)60-43(20-39(47)64-28(5)53)68-34-13-15-49(9)33(18-34)11-12-36-37(49)19-41(66-30(7)55)50(10)35(14-16-51(36,50)58)32-17-42(57)59-23-32/h17,24-26,33-41,43-48,58H,11-16,18-23H2,1-10H3/t24-,25-,26-,33-,34+,35-,36-,37+,38+,39+,40+,41-,43+,44+,45+,46-,47-,48-,49+,50+,51+/m1/s1. The lowest BCUT2D eigenvalue weighted by molar-refractivity contribution is -0.337. The summed E-state index contributed by atoms with van der Waals surface area (Å²) in [4.78, 5) is 73.8. The molecule has 19 nitrogen and oxygen atoms in total. The zero-order chi connectivity index (χ0) is 50.6. The smallest absolute Gasteiger partial charge is 0.331 e. The van der Waals surface area contributed by atoms with E-state index in [1.807, 2.05) is 6.92 Å². The van der Waals surface area contributed by atoms with Crippen molar-refractivity contribution < 1.29 is 90.7 Å². The van der Waals surface area contributed by atoms with E-state index in [0.717, 1.165) is 37.7 Å². The average Bonchev–Trinajstić information content (AvgIpc) is 3.81. The Balaban J connectivity index is 0.905. The Kier molecular flexibility index (Phi) is 15.5. The summed E-state index contributed by atoms with van der Waals surface area (Å²) in [5.74, 6) is -2.72. The number of hydrogen-bond donors (Lipinski definition) is 1. The maximum atomic E-state index is 13.0. The van der Waals surface area contributed by atoms with E-state index in [-0.39, 0.29) is 73.0 Å². The Bertz CT molecular complexity index is 2030. The summed E-state index contributed by atoms with van der Waals surface area (Å²) in [7, 11) is 0. The van der Waals surface area contributed by atoms with E-state index in [9.17, 15) is 33.9 Å². The third-order valence-corrected chi connectivity index (χ3v) is 17.4. The third kappa shape index (κ3) is 10.4. The molecule has 0 radical (unpaired) electrons. The summed E-state index contributed by atoms with van der Waals surface area (Å²) in [6.45, 7) is 16.4. The van der Waals surface area contributed by atoms with E-state index in [1.165, 1.54) is 34.6 Å². The molecule has 7 fully saturated rings. The highest BCUT2D eigenvalue weighted by molar-refractivity contribution is 5.85. The number of ether oxygens (including phenoxy) is 12. The predicted octanol–water partition coefficient (Wildman–Crippen LogP) is 5.07. The first-order valence-corrected chi connectivity index (χ1v) is 25.4. The topological polar surface area (TPSA) is 233 Å². The molecule has 0 aromatic carbocycles. The molecular weight excluding hydrogens is 917 g/mol. The summed E-state index contributed by atoms with van der Waals surface area (Å²) >= 11 is 0. The minimum absolute atomic E-state index is 0.00588. The maximum absolute atomic E-state index is 13.0. The molecule has 4 saturated carbocycles. The largest absolute Gasteiger partial charge is 0.462 e. The Hall–Kier alpha value is -3.72. The van der Waals surface area contributed by atoms with Crippen LogP contribution in [0.1, 0.15) is 140 Å². The number of rotatable bonds is 12. The summed E-state index contributed by atoms with van der Waals surface area (Å²) in [5.41, 5.74) is -1.16. The van der Waals surface area contributed by atoms with E-state index in [4.69, 9.17) is 56.8 Å². The van der Waals surface area contributed by atoms with Gasteiger partial charge < -0.3 is 61.9 Å². The van der Waals surface area contributed by atoms with Gasteiger partial charge in [-0.2, -0.15) is 0 Å². The van der Waals surface area contributed by atoms with Gasteiger partial charge in [0.2, 0.25) is 0 Å². The molecule has 19 heteroatoms. The van der Waals surface area contributed by atoms with Crippen LogP contribution in [0.2, 0.25) is 0 Å². The predicted molar refractivity (Wildman–Crippen MR) is 240 cm³/mol. The minimum atomic E-state index is -1.10. The van der Waals surface area contributed by atoms with E-state index in [0.29, 0.717) is 19.3 Å². The quantitative estimate of drug-likeness (QED) is 0.153. The van der Waals surface area contributed by atoms with E-state index in [2.05, 4.69) is 13.8 Å². The van der Waals surface area contributed by atoms with Gasteiger partial charge in [-0.1, -0.05) is 13.8 Å². The zero-order valence-electron chi connectivity index (χ0n) is 42.3. The fourth-order valence-electron chi connectivity index (χ4n) is 14.4. The van der Waals surface area contributed by atoms with Crippen molar-refractivity contribution in [3.63, 3.8) is 0 Å². The van der Waals surface area contributed by atoms with Crippen molar-refractivity contribution in [2.24, 2.45) is 34.5 Å². The van der Waals surface area contributed by atoms with Crippen LogP contribution in [0, 0.1) is 34.5 Å². The SMILES string of the molecule is CC(=O)O[C@H]1[C@@H](OC(C)=O)C[C@H](O[C@H]2[C@@H](OC(C)=O)C[C@H](O[C@H]3[C@@H](OC(C)=O)C[C@H](O[C@H]4CC[C@@]5(C)[C@H](CC[C@@H]6[C@@H]5C[C@@H](OC(C)=O)[C@]5(C)[C@@H](C7=CC(=O)OC7)CC[C@]65O)C4)O[C@@H]3C)O[C@@H]2C)O[C@@H]1C. The Labute approximate surface area is 409 Å². The number of carbonyl (C=O) groups excluding carboxylic acids is 6. The number of cyclic esters (lactones) is 1. The molecular formula is C51H74O19. The molecule has 3 saturated heterocycles. The van der Waals surface area contributed by atoms with Crippen LogP contribution in [0.3, 0.4) is 0 Å². The van der Waals surface area contributed by atoms with Gasteiger partial charge in [0, 0.05) is 65.4 Å². The maximum Gasteiger partial charge on any atom is 0.331 e. The highest BCUT2D eigenvalue weighted by atomic mass is 16.8. The van der Waals surface area contributed by atoms with E-state index < -0.39 is 115 Å². The first-order chi connectivity index (χ1) is 33.0. The normalized spacial score (nSPS) is 45.6. The molecule has 392 valence electrons. The fraction of sp³-hybridized carbons (Fsp3) is 0.843. The molecule has 8 rings (SSSR count). The lowest BCUT2D eigenvalue weighted by atomic mass is 9.42. The fourth-order valence-corrected chi connectivity index (χ4v) is 14.4. The van der Waals surface area contributed by atoms with Crippen molar-refractivity contribution in [3.8, 4) is 0 Å². The molecule has 4 aliphatic heterocycles. The third-order valence-electron chi connectivity index (χ3n) is 17.4. The van der Waals surface area contributed by atoms with Crippen molar-refractivity contribution in [2.45, 2.75) is 231 Å². The van der Waals surface area contributed by atoms with Crippen LogP contribution < -0.4 is 0 Å². The molecule has 0 spiro atoms. The summed E-state index contributed by atoms with van der Waals surface area (Å²) in [5, 5.41) is 13.0. The molecule has 0 amide bonds. The molecule has 0 aromatic heterocycles. The number of carbonyl (C=O) groups is 6. The Morgan fingerprint density at radius 1 is 0.586 bits per heavy atom. The summed E-state index contributed by atoms with van der Waals surface area (Å²) in [6, 6.07) is 0. The zero-order valence-corrected chi connectivity index (χ0v) is 42.3. The highest BCUT2D eigenvalue weighted by Gasteiger charge is 2.72. The molecule has 4 heterocycles. The van der Waals surface area contributed by atoms with Gasteiger partial charge in [-0.05, 0) is 107 Å². The van der Waals surface area contributed by atoms with Crippen molar-refractivity contribution in [2.75, 3.05) is 6.61 Å². The van der Waals surface area contributed by atoms with Gasteiger partial charge in [-0.25, -0.2) is 4.79 Å². The second kappa shape index (κ2) is 20.7. The number of fused-ring (bicyclic) bond motifs is 5. The Morgan fingerprint density at radius 3 is 1.59 bits per heavy atom. The van der Waals surface area contributed by atoms with Crippen LogP contribution in [0.25, 0.3) is 0 Å². The van der Waals surface area contributed by atoms with E-state index in [1.54, 1.807) is 19.9 Å². The highest BCUT2D eigenvalue weighted by Crippen LogP contribution is 2.70. The molecule has 4 aliphatic carbocycles. The minimum Gasteiger partial charge on any atom is -0.462 e. The molecule has 70 heavy (non-hydrogen) atoms. The van der Waals surface area contributed by atoms with Crippen LogP contribution in [-0.2, 0) is 85.6 Å². The first-order valence-electron chi connectivity index (χ1n) is 25.4. The molecule has 1 N–H and O–H groups in total. The van der Waals surface area contributed by atoms with Crippen LogP contribution in [0.5, 0.6) is 0 Å². The second-order valence-electron chi connectivity index (χ2n) is 21.7. The molecule has 0 aromatic rings. The molecule has 8 aliphatic rings. The van der Waals surface area contributed by atoms with Crippen LogP contribution >= 0.6 is 0 Å². The van der Waals surface area contributed by atoms with Gasteiger partial charge in [0.15, 0.2) is 25.0 Å². The lowest BCUT2D eigenvalue weighted by Gasteiger charge is -2.65. The summed E-state index contributed by atoms with van der Waals surface area (Å²) < 4.78 is 72.7. The van der Waals surface area contributed by atoms with Gasteiger partial charge in [0.1, 0.15) is 43.2 Å². The first kappa shape index (κ1) is 52.6. The van der Waals surface area contributed by atoms with Crippen LogP contribution in [0.15, 0.2) is 11.6 Å². The lowest BCUT2D eigenvalue weighted by Crippen LogP contribution is -2.67. The monoisotopic (exact) mass is 990 g/mol.